The van der Waals surface area contributed by atoms with E-state index in [0.717, 1.165) is 76.3 Å². The van der Waals surface area contributed by atoms with Gasteiger partial charge in [0, 0.05) is 70.5 Å². The van der Waals surface area contributed by atoms with E-state index >= 15 is 0 Å². The number of aldehydes is 1. The van der Waals surface area contributed by atoms with Gasteiger partial charge in [0.2, 0.25) is 5.91 Å². The van der Waals surface area contributed by atoms with Crippen molar-refractivity contribution in [2.24, 2.45) is 0 Å². The quantitative estimate of drug-likeness (QED) is 0.338. The maximum Gasteiger partial charge on any atom is 0.416 e. The molecular weight excluding hydrogens is 505 g/mol. The molecule has 0 N–H and O–H groups in total. The second-order valence-corrected chi connectivity index (χ2v) is 10.9. The zero-order valence-electron chi connectivity index (χ0n) is 22.3. The Labute approximate surface area is 228 Å². The van der Waals surface area contributed by atoms with Gasteiger partial charge in [0.15, 0.2) is 0 Å². The number of carbonyl (C=O) groups excluding carboxylic acids is 2. The molecule has 0 saturated carbocycles. The van der Waals surface area contributed by atoms with Crippen molar-refractivity contribution in [3.8, 4) is 0 Å². The number of carbonyl (C=O) groups is 2. The monoisotopic (exact) mass is 542 g/mol. The maximum absolute atomic E-state index is 13.8. The first kappa shape index (κ1) is 27.6. The van der Waals surface area contributed by atoms with Gasteiger partial charge in [-0.05, 0) is 55.0 Å². The summed E-state index contributed by atoms with van der Waals surface area (Å²) >= 11 is 0. The summed E-state index contributed by atoms with van der Waals surface area (Å²) in [5.74, 6) is 0.173. The van der Waals surface area contributed by atoms with Crippen LogP contribution < -0.4 is 4.90 Å². The van der Waals surface area contributed by atoms with E-state index in [4.69, 9.17) is 0 Å². The summed E-state index contributed by atoms with van der Waals surface area (Å²) in [7, 11) is 0. The van der Waals surface area contributed by atoms with Crippen LogP contribution in [-0.4, -0.2) is 78.7 Å². The third kappa shape index (κ3) is 6.30. The first-order valence-corrected chi connectivity index (χ1v) is 14.1. The topological polar surface area (TPSA) is 47.1 Å². The number of anilines is 1. The number of piperazine rings is 1. The van der Waals surface area contributed by atoms with E-state index in [1.807, 2.05) is 21.9 Å². The Balaban J connectivity index is 1.30. The fraction of sp³-hybridized carbons (Fsp3) is 0.533. The lowest BCUT2D eigenvalue weighted by molar-refractivity contribution is -0.138. The van der Waals surface area contributed by atoms with E-state index in [9.17, 15) is 22.8 Å². The number of unbranched alkanes of at least 4 members (excludes halogenated alkanes) is 1. The fourth-order valence-electron chi connectivity index (χ4n) is 6.30. The molecule has 2 aromatic carbocycles. The van der Waals surface area contributed by atoms with Crippen molar-refractivity contribution in [1.29, 1.82) is 0 Å². The van der Waals surface area contributed by atoms with E-state index in [2.05, 4.69) is 21.9 Å². The molecule has 0 aromatic heterocycles. The Morgan fingerprint density at radius 3 is 2.44 bits per heavy atom. The molecule has 6 nitrogen and oxygen atoms in total. The van der Waals surface area contributed by atoms with Gasteiger partial charge >= 0.3 is 6.18 Å². The summed E-state index contributed by atoms with van der Waals surface area (Å²) in [6, 6.07) is 13.5. The third-order valence-corrected chi connectivity index (χ3v) is 8.39. The summed E-state index contributed by atoms with van der Waals surface area (Å²) in [6.45, 7) is 5.80. The van der Waals surface area contributed by atoms with Crippen LogP contribution >= 0.6 is 0 Å². The average Bonchev–Trinajstić information content (AvgIpc) is 3.61. The predicted molar refractivity (Wildman–Crippen MR) is 144 cm³/mol. The zero-order chi connectivity index (χ0) is 27.4. The van der Waals surface area contributed by atoms with Gasteiger partial charge in [-0.25, -0.2) is 0 Å². The van der Waals surface area contributed by atoms with Gasteiger partial charge in [-0.2, -0.15) is 13.2 Å². The Morgan fingerprint density at radius 2 is 1.72 bits per heavy atom. The van der Waals surface area contributed by atoms with Gasteiger partial charge in [0.05, 0.1) is 5.56 Å². The van der Waals surface area contributed by atoms with Crippen LogP contribution in [0.3, 0.4) is 0 Å². The molecule has 2 atom stereocenters. The Bertz CT molecular complexity index is 1140. The van der Waals surface area contributed by atoms with Crippen LogP contribution in [0.4, 0.5) is 18.9 Å². The van der Waals surface area contributed by atoms with Crippen LogP contribution in [0.5, 0.6) is 0 Å². The number of benzene rings is 2. The van der Waals surface area contributed by atoms with E-state index in [0.29, 0.717) is 31.7 Å². The van der Waals surface area contributed by atoms with Crippen molar-refractivity contribution < 1.29 is 22.8 Å². The Kier molecular flexibility index (Phi) is 8.57. The normalized spacial score (nSPS) is 21.3. The van der Waals surface area contributed by atoms with E-state index < -0.39 is 11.7 Å². The molecule has 0 bridgehead atoms. The minimum absolute atomic E-state index is 0.0917. The van der Waals surface area contributed by atoms with E-state index in [-0.39, 0.29) is 18.0 Å². The molecule has 2 aromatic rings. The maximum atomic E-state index is 13.8. The minimum atomic E-state index is -4.36. The molecule has 3 aliphatic heterocycles. The molecule has 3 aliphatic rings. The van der Waals surface area contributed by atoms with Crippen molar-refractivity contribution in [3.63, 3.8) is 0 Å². The van der Waals surface area contributed by atoms with Crippen LogP contribution in [0.2, 0.25) is 0 Å². The lowest BCUT2D eigenvalue weighted by atomic mass is 10.0. The number of fused-ring (bicyclic) bond motifs is 1. The summed E-state index contributed by atoms with van der Waals surface area (Å²) in [4.78, 5) is 33.6. The number of alkyl halides is 3. The van der Waals surface area contributed by atoms with Crippen molar-refractivity contribution in [1.82, 2.24) is 14.7 Å². The van der Waals surface area contributed by atoms with Crippen LogP contribution in [0.15, 0.2) is 48.5 Å². The molecule has 39 heavy (non-hydrogen) atoms. The number of hydrogen-bond acceptors (Lipinski definition) is 5. The molecule has 1 amide bonds. The van der Waals surface area contributed by atoms with E-state index in [1.54, 1.807) is 6.07 Å². The molecule has 3 heterocycles. The standard InChI is InChI=1S/C30H37F3N4O2/c31-30(32,33)24-9-7-11-25(20-24)35-17-15-34(16-18-35)22-26(10-3-6-19-38)37-21-23-8-1-2-12-27(23)28(37)29(39)36-13-4-5-14-36/h1-2,7-9,11-12,19-20,26,28H,3-6,10,13-18,21-22H2. The minimum Gasteiger partial charge on any atom is -0.369 e. The molecule has 210 valence electrons. The van der Waals surface area contributed by atoms with Crippen LogP contribution in [0.1, 0.15) is 54.8 Å². The highest BCUT2D eigenvalue weighted by Crippen LogP contribution is 2.38. The highest BCUT2D eigenvalue weighted by Gasteiger charge is 2.42. The molecule has 0 radical (unpaired) electrons. The summed E-state index contributed by atoms with van der Waals surface area (Å²) in [6.07, 6.45) is 0.739. The average molecular weight is 543 g/mol. The van der Waals surface area contributed by atoms with Crippen molar-refractivity contribution >= 4 is 17.9 Å². The van der Waals surface area contributed by atoms with Crippen LogP contribution in [0.25, 0.3) is 0 Å². The summed E-state index contributed by atoms with van der Waals surface area (Å²) in [5.41, 5.74) is 2.24. The molecule has 0 aliphatic carbocycles. The lowest BCUT2D eigenvalue weighted by Gasteiger charge is -2.41. The third-order valence-electron chi connectivity index (χ3n) is 8.39. The number of amides is 1. The van der Waals surface area contributed by atoms with Gasteiger partial charge < -0.3 is 14.6 Å². The molecule has 9 heteroatoms. The summed E-state index contributed by atoms with van der Waals surface area (Å²) in [5, 5.41) is 0. The number of halogens is 3. The SMILES string of the molecule is O=CCCCC(CN1CCN(c2cccc(C(F)(F)F)c2)CC1)N1Cc2ccccc2C1C(=O)N1CCCC1. The summed E-state index contributed by atoms with van der Waals surface area (Å²) < 4.78 is 39.7. The van der Waals surface area contributed by atoms with E-state index in [1.165, 1.54) is 17.7 Å². The first-order chi connectivity index (χ1) is 18.8. The van der Waals surface area contributed by atoms with Gasteiger partial charge in [-0.15, -0.1) is 0 Å². The van der Waals surface area contributed by atoms with Gasteiger partial charge in [0.1, 0.15) is 12.3 Å². The van der Waals surface area contributed by atoms with Gasteiger partial charge in [-0.1, -0.05) is 30.3 Å². The Hall–Kier alpha value is -2.91. The predicted octanol–water partition coefficient (Wildman–Crippen LogP) is 4.74. The molecule has 0 spiro atoms. The van der Waals surface area contributed by atoms with Crippen molar-refractivity contribution in [2.45, 2.75) is 56.9 Å². The van der Waals surface area contributed by atoms with Crippen LogP contribution in [-0.2, 0) is 22.3 Å². The second kappa shape index (κ2) is 12.1. The van der Waals surface area contributed by atoms with Gasteiger partial charge in [-0.3, -0.25) is 14.6 Å². The molecule has 2 fully saturated rings. The largest absolute Gasteiger partial charge is 0.416 e. The van der Waals surface area contributed by atoms with Crippen molar-refractivity contribution in [3.05, 3.63) is 65.2 Å². The number of hydrogen-bond donors (Lipinski definition) is 0. The Morgan fingerprint density at radius 1 is 0.974 bits per heavy atom. The number of likely N-dealkylation sites (tertiary alicyclic amines) is 1. The first-order valence-electron chi connectivity index (χ1n) is 14.1. The highest BCUT2D eigenvalue weighted by molar-refractivity contribution is 5.84. The highest BCUT2D eigenvalue weighted by atomic mass is 19.4. The number of nitrogens with zero attached hydrogens (tertiary/aromatic N) is 4. The molecule has 2 saturated heterocycles. The van der Waals surface area contributed by atoms with Gasteiger partial charge in [0.25, 0.3) is 0 Å². The lowest BCUT2D eigenvalue weighted by Crippen LogP contribution is -2.52. The molecule has 5 rings (SSSR count). The second-order valence-electron chi connectivity index (χ2n) is 10.9. The fourth-order valence-corrected chi connectivity index (χ4v) is 6.30. The van der Waals surface area contributed by atoms with Crippen molar-refractivity contribution in [2.75, 3.05) is 50.7 Å². The number of rotatable bonds is 9. The van der Waals surface area contributed by atoms with Crippen LogP contribution in [0, 0.1) is 0 Å². The molecule has 2 unspecified atom stereocenters. The zero-order valence-corrected chi connectivity index (χ0v) is 22.3. The molecular formula is C30H37F3N4O2. The smallest absolute Gasteiger partial charge is 0.369 e.